The number of para-hydroxylation sites is 1. The highest BCUT2D eigenvalue weighted by molar-refractivity contribution is 9.10. The smallest absolute Gasteiger partial charge is 0.151 e. The van der Waals surface area contributed by atoms with Crippen molar-refractivity contribution in [3.8, 4) is 6.07 Å². The maximum Gasteiger partial charge on any atom is 0.151 e. The Morgan fingerprint density at radius 1 is 1.30 bits per heavy atom. The van der Waals surface area contributed by atoms with E-state index < -0.39 is 11.4 Å². The van der Waals surface area contributed by atoms with E-state index in [1.165, 1.54) is 6.07 Å². The van der Waals surface area contributed by atoms with Crippen molar-refractivity contribution in [2.24, 2.45) is 0 Å². The third kappa shape index (κ3) is 2.95. The Hall–Kier alpha value is -1.57. The minimum atomic E-state index is -1.21. The van der Waals surface area contributed by atoms with Crippen molar-refractivity contribution in [2.45, 2.75) is 12.5 Å². The lowest BCUT2D eigenvalue weighted by molar-refractivity contribution is 0.570. The normalized spacial score (nSPS) is 13.3. The fourth-order valence-electron chi connectivity index (χ4n) is 1.88. The second kappa shape index (κ2) is 5.82. The van der Waals surface area contributed by atoms with Crippen molar-refractivity contribution in [3.05, 3.63) is 63.3 Å². The highest BCUT2D eigenvalue weighted by Crippen LogP contribution is 2.32. The molecule has 0 radical (unpaired) electrons. The van der Waals surface area contributed by atoms with Gasteiger partial charge in [-0.25, -0.2) is 4.39 Å². The Morgan fingerprint density at radius 3 is 2.60 bits per heavy atom. The summed E-state index contributed by atoms with van der Waals surface area (Å²) in [4.78, 5) is 0. The molecular weight excluding hydrogens is 343 g/mol. The van der Waals surface area contributed by atoms with Crippen LogP contribution in [-0.4, -0.2) is 0 Å². The van der Waals surface area contributed by atoms with Crippen molar-refractivity contribution < 1.29 is 4.39 Å². The molecule has 2 rings (SSSR count). The molecule has 5 heteroatoms. The van der Waals surface area contributed by atoms with Gasteiger partial charge in [-0.3, -0.25) is 0 Å². The summed E-state index contributed by atoms with van der Waals surface area (Å²) in [6.45, 7) is 1.61. The molecule has 1 atom stereocenters. The first-order chi connectivity index (χ1) is 9.46. The quantitative estimate of drug-likeness (QED) is 0.834. The lowest BCUT2D eigenvalue weighted by atomic mass is 9.92. The van der Waals surface area contributed by atoms with Crippen LogP contribution in [0.3, 0.4) is 0 Å². The maximum absolute atomic E-state index is 14.1. The van der Waals surface area contributed by atoms with Crippen LogP contribution in [0, 0.1) is 17.1 Å². The molecule has 0 aliphatic rings. The van der Waals surface area contributed by atoms with E-state index >= 15 is 0 Å². The summed E-state index contributed by atoms with van der Waals surface area (Å²) in [6.07, 6.45) is 0. The molecule has 0 saturated carbocycles. The number of hydrogen-bond donors (Lipinski definition) is 1. The van der Waals surface area contributed by atoms with Crippen LogP contribution in [0.1, 0.15) is 12.5 Å². The summed E-state index contributed by atoms with van der Waals surface area (Å²) in [5.74, 6) is -0.456. The fourth-order valence-corrected chi connectivity index (χ4v) is 2.40. The van der Waals surface area contributed by atoms with E-state index in [0.29, 0.717) is 15.2 Å². The SMILES string of the molecule is CC(C#N)(Nc1ccccc1Cl)c1ccc(Br)cc1F. The number of nitrogens with one attached hydrogen (secondary N) is 1. The highest BCUT2D eigenvalue weighted by atomic mass is 79.9. The monoisotopic (exact) mass is 352 g/mol. The lowest BCUT2D eigenvalue weighted by Gasteiger charge is -2.26. The predicted molar refractivity (Wildman–Crippen MR) is 82.1 cm³/mol. The number of hydrogen-bond acceptors (Lipinski definition) is 2. The maximum atomic E-state index is 14.1. The van der Waals surface area contributed by atoms with Gasteiger partial charge in [0, 0.05) is 10.0 Å². The molecule has 2 aromatic carbocycles. The van der Waals surface area contributed by atoms with E-state index in [1.54, 1.807) is 43.3 Å². The highest BCUT2D eigenvalue weighted by Gasteiger charge is 2.30. The summed E-state index contributed by atoms with van der Waals surface area (Å²) < 4.78 is 14.7. The second-order valence-corrected chi connectivity index (χ2v) is 5.79. The van der Waals surface area contributed by atoms with E-state index in [4.69, 9.17) is 11.6 Å². The van der Waals surface area contributed by atoms with Gasteiger partial charge in [0.2, 0.25) is 0 Å². The number of rotatable bonds is 3. The Balaban J connectivity index is 2.44. The number of anilines is 1. The van der Waals surface area contributed by atoms with E-state index in [-0.39, 0.29) is 5.56 Å². The summed E-state index contributed by atoms with van der Waals surface area (Å²) in [5.41, 5.74) is -0.362. The predicted octanol–water partition coefficient (Wildman–Crippen LogP) is 5.09. The lowest BCUT2D eigenvalue weighted by Crippen LogP contribution is -2.31. The minimum Gasteiger partial charge on any atom is -0.363 e. The third-order valence-electron chi connectivity index (χ3n) is 2.95. The molecule has 0 amide bonds. The Bertz CT molecular complexity index is 684. The van der Waals surface area contributed by atoms with Gasteiger partial charge >= 0.3 is 0 Å². The van der Waals surface area contributed by atoms with Gasteiger partial charge in [-0.15, -0.1) is 0 Å². The van der Waals surface area contributed by atoms with Crippen molar-refractivity contribution >= 4 is 33.2 Å². The standard InChI is InChI=1S/C15H11BrClFN2/c1-15(9-19,11-7-6-10(16)8-13(11)18)20-14-5-3-2-4-12(14)17/h2-8,20H,1H3. The largest absolute Gasteiger partial charge is 0.363 e. The van der Waals surface area contributed by atoms with Gasteiger partial charge < -0.3 is 5.32 Å². The Labute approximate surface area is 130 Å². The zero-order chi connectivity index (χ0) is 14.8. The van der Waals surface area contributed by atoms with Crippen LogP contribution >= 0.6 is 27.5 Å². The molecule has 0 fully saturated rings. The Morgan fingerprint density at radius 2 is 2.00 bits per heavy atom. The van der Waals surface area contributed by atoms with Crippen LogP contribution < -0.4 is 5.32 Å². The van der Waals surface area contributed by atoms with Crippen LogP contribution in [-0.2, 0) is 5.54 Å². The number of nitriles is 1. The average molecular weight is 354 g/mol. The first-order valence-corrected chi connectivity index (χ1v) is 7.03. The van der Waals surface area contributed by atoms with Crippen molar-refractivity contribution in [1.29, 1.82) is 5.26 Å². The molecule has 0 spiro atoms. The molecule has 0 saturated heterocycles. The second-order valence-electron chi connectivity index (χ2n) is 4.47. The first kappa shape index (κ1) is 14.8. The summed E-state index contributed by atoms with van der Waals surface area (Å²) in [5, 5.41) is 12.9. The van der Waals surface area contributed by atoms with Crippen molar-refractivity contribution in [1.82, 2.24) is 0 Å². The van der Waals surface area contributed by atoms with E-state index in [9.17, 15) is 9.65 Å². The first-order valence-electron chi connectivity index (χ1n) is 5.86. The molecule has 0 aromatic heterocycles. The fraction of sp³-hybridized carbons (Fsp3) is 0.133. The molecule has 0 bridgehead atoms. The van der Waals surface area contributed by atoms with Crippen LogP contribution in [0.5, 0.6) is 0 Å². The molecule has 0 aliphatic carbocycles. The average Bonchev–Trinajstić information content (AvgIpc) is 2.41. The zero-order valence-electron chi connectivity index (χ0n) is 10.6. The van der Waals surface area contributed by atoms with Gasteiger partial charge in [-0.2, -0.15) is 5.26 Å². The van der Waals surface area contributed by atoms with Crippen LogP contribution in [0.25, 0.3) is 0 Å². The van der Waals surface area contributed by atoms with Gasteiger partial charge in [-0.1, -0.05) is 45.7 Å². The molecule has 0 heterocycles. The molecule has 102 valence electrons. The molecular formula is C15H11BrClFN2. The number of nitrogens with zero attached hydrogens (tertiary/aromatic N) is 1. The van der Waals surface area contributed by atoms with Crippen molar-refractivity contribution in [2.75, 3.05) is 5.32 Å². The van der Waals surface area contributed by atoms with Gasteiger partial charge in [0.25, 0.3) is 0 Å². The van der Waals surface area contributed by atoms with Crippen molar-refractivity contribution in [3.63, 3.8) is 0 Å². The van der Waals surface area contributed by atoms with Crippen LogP contribution in [0.2, 0.25) is 5.02 Å². The number of halogens is 3. The number of benzene rings is 2. The van der Waals surface area contributed by atoms with Gasteiger partial charge in [0.15, 0.2) is 5.54 Å². The molecule has 2 aromatic rings. The molecule has 0 aliphatic heterocycles. The summed E-state index contributed by atoms with van der Waals surface area (Å²) in [6, 6.07) is 13.7. The van der Waals surface area contributed by atoms with E-state index in [0.717, 1.165) is 0 Å². The Kier molecular flexibility index (Phi) is 4.32. The van der Waals surface area contributed by atoms with Gasteiger partial charge in [-0.05, 0) is 31.2 Å². The topological polar surface area (TPSA) is 35.8 Å². The van der Waals surface area contributed by atoms with Crippen LogP contribution in [0.15, 0.2) is 46.9 Å². The third-order valence-corrected chi connectivity index (χ3v) is 3.77. The molecule has 1 N–H and O–H groups in total. The molecule has 20 heavy (non-hydrogen) atoms. The van der Waals surface area contributed by atoms with Gasteiger partial charge in [0.1, 0.15) is 5.82 Å². The molecule has 1 unspecified atom stereocenters. The van der Waals surface area contributed by atoms with Crippen LogP contribution in [0.4, 0.5) is 10.1 Å². The summed E-state index contributed by atoms with van der Waals surface area (Å²) >= 11 is 9.27. The van der Waals surface area contributed by atoms with Gasteiger partial charge in [0.05, 0.1) is 16.8 Å². The zero-order valence-corrected chi connectivity index (χ0v) is 13.0. The molecule has 2 nitrogen and oxygen atoms in total. The minimum absolute atomic E-state index is 0.267. The summed E-state index contributed by atoms with van der Waals surface area (Å²) in [7, 11) is 0. The van der Waals surface area contributed by atoms with E-state index in [2.05, 4.69) is 27.3 Å². The van der Waals surface area contributed by atoms with E-state index in [1.807, 2.05) is 0 Å².